The summed E-state index contributed by atoms with van der Waals surface area (Å²) in [5.74, 6) is 0.199. The molecule has 0 spiro atoms. The lowest BCUT2D eigenvalue weighted by molar-refractivity contribution is 0.301. The highest BCUT2D eigenvalue weighted by atomic mass is 19.1. The molecular formula is C19H24FN3O2. The number of hydrogen-bond donors (Lipinski definition) is 2. The average molecular weight is 345 g/mol. The fraction of sp³-hybridized carbons (Fsp3) is 0.421. The number of rotatable bonds is 7. The zero-order valence-electron chi connectivity index (χ0n) is 14.7. The van der Waals surface area contributed by atoms with Crippen LogP contribution in [-0.2, 0) is 4.74 Å². The molecule has 2 aromatic rings. The third-order valence-electron chi connectivity index (χ3n) is 4.50. The number of fused-ring (bicyclic) bond motifs is 1. The Bertz CT molecular complexity index is 806. The zero-order valence-corrected chi connectivity index (χ0v) is 14.7. The Labute approximate surface area is 146 Å². The highest BCUT2D eigenvalue weighted by Crippen LogP contribution is 2.35. The molecule has 1 aromatic carbocycles. The van der Waals surface area contributed by atoms with Crippen molar-refractivity contribution in [1.82, 2.24) is 9.88 Å². The standard InChI is InChI=1S/C19H24FN3O2/c1-3-23(4-2)9-5-8-21-14-11-17(25-12-14)18-15-7-6-13(20)10-16(15)22-19(18)24/h6-7,10-11,22,24H,3-5,8-9,12H2,1-2H3. The summed E-state index contributed by atoms with van der Waals surface area (Å²) in [6.45, 7) is 8.62. The maximum absolute atomic E-state index is 13.3. The summed E-state index contributed by atoms with van der Waals surface area (Å²) in [6.07, 6.45) is 2.86. The molecule has 0 aliphatic carbocycles. The van der Waals surface area contributed by atoms with Crippen molar-refractivity contribution in [3.63, 3.8) is 0 Å². The monoisotopic (exact) mass is 345 g/mol. The fourth-order valence-electron chi connectivity index (χ4n) is 3.08. The molecule has 0 unspecified atom stereocenters. The summed E-state index contributed by atoms with van der Waals surface area (Å²) >= 11 is 0. The molecule has 6 heteroatoms. The Kier molecular flexibility index (Phi) is 5.38. The SMILES string of the molecule is CCN(CC)CCCN=C1C=C(c2c(O)[nH]c3cc(F)ccc23)OC1. The summed E-state index contributed by atoms with van der Waals surface area (Å²) in [5.41, 5.74) is 1.97. The highest BCUT2D eigenvalue weighted by molar-refractivity contribution is 6.07. The number of nitrogens with zero attached hydrogens (tertiary/aromatic N) is 2. The van der Waals surface area contributed by atoms with E-state index in [0.29, 0.717) is 23.4 Å². The minimum Gasteiger partial charge on any atom is -0.494 e. The van der Waals surface area contributed by atoms with Crippen LogP contribution in [0.5, 0.6) is 5.88 Å². The van der Waals surface area contributed by atoms with E-state index in [1.54, 1.807) is 6.07 Å². The normalized spacial score (nSPS) is 16.0. The molecule has 1 aromatic heterocycles. The highest BCUT2D eigenvalue weighted by Gasteiger charge is 2.21. The van der Waals surface area contributed by atoms with E-state index in [-0.39, 0.29) is 11.7 Å². The number of H-pyrrole nitrogens is 1. The third kappa shape index (κ3) is 3.85. The van der Waals surface area contributed by atoms with Crippen LogP contribution in [0.25, 0.3) is 16.7 Å². The largest absolute Gasteiger partial charge is 0.494 e. The molecule has 0 radical (unpaired) electrons. The first-order valence-electron chi connectivity index (χ1n) is 8.73. The first kappa shape index (κ1) is 17.5. The van der Waals surface area contributed by atoms with Crippen LogP contribution in [0.3, 0.4) is 0 Å². The number of benzene rings is 1. The van der Waals surface area contributed by atoms with Gasteiger partial charge in [0.2, 0.25) is 5.88 Å². The molecular weight excluding hydrogens is 321 g/mol. The Morgan fingerprint density at radius 3 is 2.88 bits per heavy atom. The molecule has 3 rings (SSSR count). The molecule has 1 aliphatic heterocycles. The van der Waals surface area contributed by atoms with E-state index in [1.165, 1.54) is 12.1 Å². The van der Waals surface area contributed by atoms with Crippen LogP contribution in [0.4, 0.5) is 4.39 Å². The Morgan fingerprint density at radius 2 is 2.12 bits per heavy atom. The second-order valence-corrected chi connectivity index (χ2v) is 6.09. The van der Waals surface area contributed by atoms with Crippen molar-refractivity contribution >= 4 is 22.4 Å². The number of halogens is 1. The van der Waals surface area contributed by atoms with Gasteiger partial charge in [0.25, 0.3) is 0 Å². The first-order valence-corrected chi connectivity index (χ1v) is 8.73. The molecule has 0 saturated carbocycles. The van der Waals surface area contributed by atoms with Crippen LogP contribution in [0.15, 0.2) is 29.3 Å². The van der Waals surface area contributed by atoms with Gasteiger partial charge in [0, 0.05) is 18.0 Å². The van der Waals surface area contributed by atoms with Gasteiger partial charge in [0.05, 0.1) is 16.8 Å². The molecule has 0 saturated heterocycles. The van der Waals surface area contributed by atoms with Gasteiger partial charge in [-0.25, -0.2) is 4.39 Å². The maximum atomic E-state index is 13.3. The topological polar surface area (TPSA) is 60.8 Å². The van der Waals surface area contributed by atoms with Gasteiger partial charge in [-0.2, -0.15) is 0 Å². The summed E-state index contributed by atoms with van der Waals surface area (Å²) in [5, 5.41) is 10.9. The van der Waals surface area contributed by atoms with E-state index in [4.69, 9.17) is 4.74 Å². The molecule has 2 N–H and O–H groups in total. The smallest absolute Gasteiger partial charge is 0.200 e. The van der Waals surface area contributed by atoms with Gasteiger partial charge >= 0.3 is 0 Å². The van der Waals surface area contributed by atoms with Crippen molar-refractivity contribution in [2.24, 2.45) is 4.99 Å². The zero-order chi connectivity index (χ0) is 17.8. The molecule has 25 heavy (non-hydrogen) atoms. The van der Waals surface area contributed by atoms with Crippen molar-refractivity contribution in [1.29, 1.82) is 0 Å². The minimum absolute atomic E-state index is 0.0189. The van der Waals surface area contributed by atoms with Crippen LogP contribution >= 0.6 is 0 Å². The number of ether oxygens (including phenoxy) is 1. The number of aliphatic imine (C=N–C) groups is 1. The van der Waals surface area contributed by atoms with Gasteiger partial charge in [-0.15, -0.1) is 0 Å². The number of aromatic nitrogens is 1. The van der Waals surface area contributed by atoms with Crippen molar-refractivity contribution in [3.05, 3.63) is 35.7 Å². The van der Waals surface area contributed by atoms with Crippen LogP contribution in [-0.4, -0.2) is 53.5 Å². The van der Waals surface area contributed by atoms with Crippen LogP contribution in [0.2, 0.25) is 0 Å². The summed E-state index contributed by atoms with van der Waals surface area (Å²) in [6, 6.07) is 4.37. The van der Waals surface area contributed by atoms with Crippen molar-refractivity contribution in [2.45, 2.75) is 20.3 Å². The predicted molar refractivity (Wildman–Crippen MR) is 98.6 cm³/mol. The van der Waals surface area contributed by atoms with Gasteiger partial charge in [0.1, 0.15) is 18.2 Å². The number of aromatic hydroxyl groups is 1. The van der Waals surface area contributed by atoms with E-state index < -0.39 is 0 Å². The fourth-order valence-corrected chi connectivity index (χ4v) is 3.08. The number of aromatic amines is 1. The summed E-state index contributed by atoms with van der Waals surface area (Å²) < 4.78 is 19.0. The molecule has 5 nitrogen and oxygen atoms in total. The van der Waals surface area contributed by atoms with Gasteiger partial charge in [0.15, 0.2) is 0 Å². The lowest BCUT2D eigenvalue weighted by atomic mass is 10.1. The third-order valence-corrected chi connectivity index (χ3v) is 4.50. The summed E-state index contributed by atoms with van der Waals surface area (Å²) in [7, 11) is 0. The summed E-state index contributed by atoms with van der Waals surface area (Å²) in [4.78, 5) is 9.74. The molecule has 0 atom stereocenters. The molecule has 0 amide bonds. The molecule has 2 heterocycles. The number of hydrogen-bond acceptors (Lipinski definition) is 4. The lowest BCUT2D eigenvalue weighted by Crippen LogP contribution is -2.24. The Hall–Kier alpha value is -2.34. The van der Waals surface area contributed by atoms with E-state index >= 15 is 0 Å². The first-order chi connectivity index (χ1) is 12.1. The van der Waals surface area contributed by atoms with Gasteiger partial charge in [-0.1, -0.05) is 13.8 Å². The van der Waals surface area contributed by atoms with Gasteiger partial charge < -0.3 is 19.7 Å². The van der Waals surface area contributed by atoms with Gasteiger partial charge in [-0.3, -0.25) is 4.99 Å². The molecule has 1 aliphatic rings. The van der Waals surface area contributed by atoms with Crippen molar-refractivity contribution in [3.8, 4) is 5.88 Å². The number of nitrogens with one attached hydrogen (secondary N) is 1. The minimum atomic E-state index is -0.350. The van der Waals surface area contributed by atoms with Crippen LogP contribution < -0.4 is 0 Å². The molecule has 0 fully saturated rings. The van der Waals surface area contributed by atoms with E-state index in [9.17, 15) is 9.50 Å². The van der Waals surface area contributed by atoms with E-state index in [0.717, 1.165) is 43.7 Å². The second-order valence-electron chi connectivity index (χ2n) is 6.09. The van der Waals surface area contributed by atoms with E-state index in [1.807, 2.05) is 6.08 Å². The van der Waals surface area contributed by atoms with Crippen LogP contribution in [0.1, 0.15) is 25.8 Å². The maximum Gasteiger partial charge on any atom is 0.200 e. The Balaban J connectivity index is 1.71. The molecule has 134 valence electrons. The lowest BCUT2D eigenvalue weighted by Gasteiger charge is -2.16. The Morgan fingerprint density at radius 1 is 1.32 bits per heavy atom. The van der Waals surface area contributed by atoms with Crippen LogP contribution in [0, 0.1) is 5.82 Å². The van der Waals surface area contributed by atoms with Crippen molar-refractivity contribution < 1.29 is 14.2 Å². The average Bonchev–Trinajstić information content (AvgIpc) is 3.17. The van der Waals surface area contributed by atoms with E-state index in [2.05, 4.69) is 28.7 Å². The molecule has 0 bridgehead atoms. The van der Waals surface area contributed by atoms with Crippen molar-refractivity contribution in [2.75, 3.05) is 32.8 Å². The predicted octanol–water partition coefficient (Wildman–Crippen LogP) is 3.56. The van der Waals surface area contributed by atoms with Gasteiger partial charge in [-0.05, 0) is 44.3 Å². The quantitative estimate of drug-likeness (QED) is 0.755. The second kappa shape index (κ2) is 7.70.